The van der Waals surface area contributed by atoms with Crippen LogP contribution in [-0.4, -0.2) is 67.3 Å². The van der Waals surface area contributed by atoms with Crippen LogP contribution in [0.15, 0.2) is 24.5 Å². The second-order valence-corrected chi connectivity index (χ2v) is 10.5. The second-order valence-electron chi connectivity index (χ2n) is 10.5. The van der Waals surface area contributed by atoms with Gasteiger partial charge in [0.05, 0.1) is 30.2 Å². The van der Waals surface area contributed by atoms with Gasteiger partial charge >= 0.3 is 6.01 Å². The third kappa shape index (κ3) is 5.49. The zero-order valence-corrected chi connectivity index (χ0v) is 21.3. The molecule has 37 heavy (non-hydrogen) atoms. The van der Waals surface area contributed by atoms with E-state index in [-0.39, 0.29) is 23.7 Å². The Morgan fingerprint density at radius 2 is 2.14 bits per heavy atom. The zero-order valence-electron chi connectivity index (χ0n) is 21.3. The molecular formula is C26H32N8O3. The van der Waals surface area contributed by atoms with Gasteiger partial charge in [-0.1, -0.05) is 0 Å². The van der Waals surface area contributed by atoms with E-state index in [9.17, 15) is 9.90 Å². The zero-order chi connectivity index (χ0) is 26.2. The molecule has 1 unspecified atom stereocenters. The van der Waals surface area contributed by atoms with Crippen LogP contribution in [0.4, 0.5) is 5.95 Å². The fraction of sp³-hybridized carbons (Fsp3) is 0.538. The minimum Gasteiger partial charge on any atom is -0.463 e. The number of nitrogens with one attached hydrogen (secondary N) is 2. The van der Waals surface area contributed by atoms with Gasteiger partial charge in [-0.05, 0) is 63.6 Å². The summed E-state index contributed by atoms with van der Waals surface area (Å²) in [6.07, 6.45) is 6.42. The molecule has 2 aliphatic rings. The molecule has 4 heterocycles. The fourth-order valence-corrected chi connectivity index (χ4v) is 4.57. The summed E-state index contributed by atoms with van der Waals surface area (Å²) >= 11 is 0. The summed E-state index contributed by atoms with van der Waals surface area (Å²) in [5.74, 6) is 0.339. The van der Waals surface area contributed by atoms with Crippen molar-refractivity contribution in [1.29, 1.82) is 5.26 Å². The number of piperidine rings is 1. The van der Waals surface area contributed by atoms with E-state index in [1.54, 1.807) is 27.0 Å². The Morgan fingerprint density at radius 1 is 1.35 bits per heavy atom. The SMILES string of the molecule is C[C@@H](NC(=O)c1nc(OC[C@H]2CC2C#N)nc(N2CCC(c3c[nH]c4ncccc34)CC2)n1)C(C)(C)O. The molecule has 1 aliphatic carbocycles. The number of ether oxygens (including phenoxy) is 1. The number of carbonyl (C=O) groups is 1. The largest absolute Gasteiger partial charge is 0.463 e. The van der Waals surface area contributed by atoms with E-state index < -0.39 is 17.6 Å². The average Bonchev–Trinajstić information content (AvgIpc) is 3.53. The number of aromatic nitrogens is 5. The Labute approximate surface area is 215 Å². The van der Waals surface area contributed by atoms with Crippen LogP contribution < -0.4 is 15.0 Å². The van der Waals surface area contributed by atoms with E-state index in [0.717, 1.165) is 30.3 Å². The Morgan fingerprint density at radius 3 is 2.84 bits per heavy atom. The predicted molar refractivity (Wildman–Crippen MR) is 136 cm³/mol. The lowest BCUT2D eigenvalue weighted by Crippen LogP contribution is -2.47. The van der Waals surface area contributed by atoms with Crippen molar-refractivity contribution < 1.29 is 14.6 Å². The quantitative estimate of drug-likeness (QED) is 0.420. The maximum Gasteiger partial charge on any atom is 0.321 e. The number of amides is 1. The molecule has 2 fully saturated rings. The van der Waals surface area contributed by atoms with Gasteiger partial charge in [0.25, 0.3) is 5.91 Å². The number of pyridine rings is 1. The predicted octanol–water partition coefficient (Wildman–Crippen LogP) is 2.56. The van der Waals surface area contributed by atoms with Gasteiger partial charge in [0, 0.05) is 36.8 Å². The maximum absolute atomic E-state index is 13.0. The highest BCUT2D eigenvalue weighted by atomic mass is 16.5. The minimum absolute atomic E-state index is 0.00421. The highest BCUT2D eigenvalue weighted by Crippen LogP contribution is 2.38. The van der Waals surface area contributed by atoms with Crippen molar-refractivity contribution in [3.8, 4) is 12.1 Å². The Hall–Kier alpha value is -3.78. The first-order chi connectivity index (χ1) is 17.7. The minimum atomic E-state index is -1.11. The van der Waals surface area contributed by atoms with Crippen molar-refractivity contribution in [2.45, 2.75) is 57.6 Å². The highest BCUT2D eigenvalue weighted by Gasteiger charge is 2.38. The van der Waals surface area contributed by atoms with Crippen molar-refractivity contribution in [2.75, 3.05) is 24.6 Å². The summed E-state index contributed by atoms with van der Waals surface area (Å²) in [6, 6.07) is 5.84. The third-order valence-corrected chi connectivity index (χ3v) is 7.43. The molecule has 194 valence electrons. The number of rotatable bonds is 8. The number of anilines is 1. The van der Waals surface area contributed by atoms with Gasteiger partial charge in [0.2, 0.25) is 11.8 Å². The van der Waals surface area contributed by atoms with Crippen LogP contribution in [0.25, 0.3) is 11.0 Å². The number of hydrogen-bond acceptors (Lipinski definition) is 9. The smallest absolute Gasteiger partial charge is 0.321 e. The van der Waals surface area contributed by atoms with Gasteiger partial charge in [0.1, 0.15) is 5.65 Å². The second kappa shape index (κ2) is 9.94. The number of fused-ring (bicyclic) bond motifs is 1. The topological polar surface area (TPSA) is 153 Å². The lowest BCUT2D eigenvalue weighted by atomic mass is 9.89. The molecule has 3 N–H and O–H groups in total. The normalized spacial score (nSPS) is 20.9. The number of nitriles is 1. The van der Waals surface area contributed by atoms with Gasteiger partial charge in [-0.15, -0.1) is 0 Å². The molecule has 0 bridgehead atoms. The van der Waals surface area contributed by atoms with Gasteiger partial charge in [-0.25, -0.2) is 4.98 Å². The first-order valence-electron chi connectivity index (χ1n) is 12.7. The molecule has 11 heteroatoms. The van der Waals surface area contributed by atoms with Crippen molar-refractivity contribution in [3.05, 3.63) is 35.9 Å². The molecule has 0 radical (unpaired) electrons. The van der Waals surface area contributed by atoms with Gasteiger partial charge in [-0.2, -0.15) is 20.2 Å². The standard InChI is InChI=1S/C26H32N8O3/c1-15(26(2,3)36)30-23(35)22-31-24(33-25(32-22)37-14-18-11-17(18)12-27)34-9-6-16(7-10-34)20-13-29-21-19(20)5-4-8-28-21/h4-5,8,13,15-18,36H,6-7,9-11,14H2,1-3H3,(H,28,29)(H,30,35)/t15-,17?,18-/m1/s1. The molecule has 1 saturated carbocycles. The monoisotopic (exact) mass is 504 g/mol. The van der Waals surface area contributed by atoms with E-state index in [0.29, 0.717) is 31.6 Å². The van der Waals surface area contributed by atoms with Crippen molar-refractivity contribution in [3.63, 3.8) is 0 Å². The number of aromatic amines is 1. The van der Waals surface area contributed by atoms with Crippen LogP contribution in [0, 0.1) is 23.2 Å². The van der Waals surface area contributed by atoms with E-state index in [2.05, 4.69) is 42.4 Å². The van der Waals surface area contributed by atoms with Crippen molar-refractivity contribution >= 4 is 22.9 Å². The summed E-state index contributed by atoms with van der Waals surface area (Å²) in [6.45, 7) is 6.71. The van der Waals surface area contributed by atoms with Crippen molar-refractivity contribution in [1.82, 2.24) is 30.2 Å². The van der Waals surface area contributed by atoms with E-state index >= 15 is 0 Å². The molecule has 3 aromatic heterocycles. The maximum atomic E-state index is 13.0. The first-order valence-corrected chi connectivity index (χ1v) is 12.7. The third-order valence-electron chi connectivity index (χ3n) is 7.43. The fourth-order valence-electron chi connectivity index (χ4n) is 4.57. The molecule has 1 aliphatic heterocycles. The van der Waals surface area contributed by atoms with E-state index in [1.807, 2.05) is 17.2 Å². The summed E-state index contributed by atoms with van der Waals surface area (Å²) in [7, 11) is 0. The summed E-state index contributed by atoms with van der Waals surface area (Å²) in [4.78, 5) is 35.9. The first kappa shape index (κ1) is 24.9. The molecule has 0 aromatic carbocycles. The number of hydrogen-bond donors (Lipinski definition) is 3. The Balaban J connectivity index is 1.33. The van der Waals surface area contributed by atoms with Gasteiger partial charge in [-0.3, -0.25) is 4.79 Å². The van der Waals surface area contributed by atoms with Crippen LogP contribution in [0.1, 0.15) is 62.1 Å². The average molecular weight is 505 g/mol. The summed E-state index contributed by atoms with van der Waals surface area (Å²) in [5, 5.41) is 23.2. The number of nitrogens with zero attached hydrogens (tertiary/aromatic N) is 6. The summed E-state index contributed by atoms with van der Waals surface area (Å²) in [5.41, 5.74) is 1.05. The van der Waals surface area contributed by atoms with Gasteiger partial charge < -0.3 is 25.0 Å². The molecular weight excluding hydrogens is 472 g/mol. The lowest BCUT2D eigenvalue weighted by molar-refractivity contribution is 0.0405. The van der Waals surface area contributed by atoms with Crippen molar-refractivity contribution in [2.24, 2.45) is 11.8 Å². The lowest BCUT2D eigenvalue weighted by Gasteiger charge is -2.32. The molecule has 5 rings (SSSR count). The molecule has 1 amide bonds. The molecule has 11 nitrogen and oxygen atoms in total. The van der Waals surface area contributed by atoms with Crippen LogP contribution >= 0.6 is 0 Å². The number of aliphatic hydroxyl groups is 1. The van der Waals surface area contributed by atoms with Crippen LogP contribution in [0.2, 0.25) is 0 Å². The van der Waals surface area contributed by atoms with E-state index in [1.165, 1.54) is 5.56 Å². The molecule has 3 aromatic rings. The Kier molecular flexibility index (Phi) is 6.69. The number of carbonyl (C=O) groups excluding carboxylic acids is 1. The summed E-state index contributed by atoms with van der Waals surface area (Å²) < 4.78 is 5.80. The molecule has 1 saturated heterocycles. The Bertz CT molecular complexity index is 1320. The molecule has 0 spiro atoms. The number of H-pyrrole nitrogens is 1. The van der Waals surface area contributed by atoms with Crippen LogP contribution in [0.3, 0.4) is 0 Å². The highest BCUT2D eigenvalue weighted by molar-refractivity contribution is 5.91. The van der Waals surface area contributed by atoms with E-state index in [4.69, 9.17) is 10.00 Å². The van der Waals surface area contributed by atoms with Crippen LogP contribution in [0.5, 0.6) is 6.01 Å². The van der Waals surface area contributed by atoms with Crippen LogP contribution in [-0.2, 0) is 0 Å². The molecule has 3 atom stereocenters. The van der Waals surface area contributed by atoms with Gasteiger partial charge in [0.15, 0.2) is 0 Å².